The Kier molecular flexibility index (Phi) is 12.4. The number of rotatable bonds is 13. The third kappa shape index (κ3) is 9.11. The number of allylic oxidation sites excluding steroid dienone is 6. The van der Waals surface area contributed by atoms with E-state index in [2.05, 4.69) is 6.58 Å². The minimum absolute atomic E-state index is 0.273. The van der Waals surface area contributed by atoms with Crippen molar-refractivity contribution in [3.63, 3.8) is 0 Å². The van der Waals surface area contributed by atoms with Crippen molar-refractivity contribution in [1.29, 1.82) is 0 Å². The van der Waals surface area contributed by atoms with E-state index in [9.17, 15) is 34.8 Å². The first-order chi connectivity index (χ1) is 16.7. The van der Waals surface area contributed by atoms with Crippen LogP contribution in [-0.2, 0) is 23.9 Å². The SMILES string of the molecule is C=C/C=C(C)/C=C/C1=C(C)C(=O)C(OC(=O)CCC(=O)OCC(O)C(O)C(O)C(O)CO)CC1(C)C. The Hall–Kier alpha value is -2.63. The van der Waals surface area contributed by atoms with Gasteiger partial charge in [-0.05, 0) is 30.4 Å². The lowest BCUT2D eigenvalue weighted by atomic mass is 9.71. The highest BCUT2D eigenvalue weighted by Gasteiger charge is 2.40. The van der Waals surface area contributed by atoms with Crippen molar-refractivity contribution in [2.24, 2.45) is 5.41 Å². The summed E-state index contributed by atoms with van der Waals surface area (Å²) in [5.41, 5.74) is 1.86. The van der Waals surface area contributed by atoms with Gasteiger partial charge in [0.1, 0.15) is 31.0 Å². The molecular weight excluding hydrogens is 472 g/mol. The normalized spacial score (nSPS) is 21.6. The summed E-state index contributed by atoms with van der Waals surface area (Å²) in [6, 6.07) is 0. The molecule has 0 heterocycles. The third-order valence-electron chi connectivity index (χ3n) is 5.93. The molecule has 0 saturated carbocycles. The van der Waals surface area contributed by atoms with Crippen LogP contribution in [-0.4, -0.2) is 87.0 Å². The van der Waals surface area contributed by atoms with Crippen LogP contribution in [0.5, 0.6) is 0 Å². The van der Waals surface area contributed by atoms with Crippen molar-refractivity contribution in [3.05, 3.63) is 47.6 Å². The van der Waals surface area contributed by atoms with Crippen LogP contribution in [0.2, 0.25) is 0 Å². The second-order valence-corrected chi connectivity index (χ2v) is 9.43. The number of aliphatic hydroxyl groups is 5. The Balaban J connectivity index is 2.64. The third-order valence-corrected chi connectivity index (χ3v) is 5.93. The summed E-state index contributed by atoms with van der Waals surface area (Å²) in [6.45, 7) is 9.60. The maximum atomic E-state index is 12.8. The molecule has 0 aliphatic heterocycles. The van der Waals surface area contributed by atoms with E-state index in [4.69, 9.17) is 14.6 Å². The van der Waals surface area contributed by atoms with Gasteiger partial charge in [-0.25, -0.2) is 0 Å². The predicted octanol–water partition coefficient (Wildman–Crippen LogP) is 0.661. The standard InChI is InChI=1S/C26H38O10/c1-6-7-15(2)8-9-17-16(3)23(32)20(12-26(17,4)5)36-22(31)11-10-21(30)35-14-19(29)25(34)24(33)18(28)13-27/h6-9,18-20,24-25,27-29,33-34H,1,10-14H2,2-5H3/b9-8+,15-7+. The Morgan fingerprint density at radius 2 is 1.69 bits per heavy atom. The van der Waals surface area contributed by atoms with E-state index in [1.165, 1.54) is 0 Å². The van der Waals surface area contributed by atoms with Gasteiger partial charge in [0.2, 0.25) is 0 Å². The molecule has 5 N–H and O–H groups in total. The van der Waals surface area contributed by atoms with E-state index < -0.39 is 67.5 Å². The molecule has 0 aromatic carbocycles. The molecule has 5 atom stereocenters. The summed E-state index contributed by atoms with van der Waals surface area (Å²) in [5, 5.41) is 47.1. The fourth-order valence-electron chi connectivity index (χ4n) is 3.78. The van der Waals surface area contributed by atoms with E-state index in [1.807, 2.05) is 39.0 Å². The Morgan fingerprint density at radius 3 is 2.28 bits per heavy atom. The molecule has 0 radical (unpaired) electrons. The maximum Gasteiger partial charge on any atom is 0.307 e. The monoisotopic (exact) mass is 510 g/mol. The number of ether oxygens (including phenoxy) is 2. The summed E-state index contributed by atoms with van der Waals surface area (Å²) in [6.07, 6.45) is -1.33. The summed E-state index contributed by atoms with van der Waals surface area (Å²) in [5.74, 6) is -1.95. The highest BCUT2D eigenvalue weighted by molar-refractivity contribution is 6.01. The van der Waals surface area contributed by atoms with Crippen LogP contribution in [0.15, 0.2) is 47.6 Å². The predicted molar refractivity (Wildman–Crippen MR) is 130 cm³/mol. The molecule has 1 aliphatic rings. The molecule has 0 saturated heterocycles. The lowest BCUT2D eigenvalue weighted by Crippen LogP contribution is -2.47. The van der Waals surface area contributed by atoms with Gasteiger partial charge in [0, 0.05) is 6.42 Å². The molecule has 36 heavy (non-hydrogen) atoms. The van der Waals surface area contributed by atoms with E-state index in [-0.39, 0.29) is 18.6 Å². The first-order valence-corrected chi connectivity index (χ1v) is 11.7. The average molecular weight is 511 g/mol. The van der Waals surface area contributed by atoms with Crippen molar-refractivity contribution in [3.8, 4) is 0 Å². The van der Waals surface area contributed by atoms with Crippen LogP contribution < -0.4 is 0 Å². The van der Waals surface area contributed by atoms with Crippen LogP contribution >= 0.6 is 0 Å². The van der Waals surface area contributed by atoms with Crippen molar-refractivity contribution in [2.45, 2.75) is 77.5 Å². The van der Waals surface area contributed by atoms with E-state index in [1.54, 1.807) is 13.0 Å². The van der Waals surface area contributed by atoms with Crippen molar-refractivity contribution in [2.75, 3.05) is 13.2 Å². The van der Waals surface area contributed by atoms with E-state index in [0.29, 0.717) is 5.57 Å². The Labute approximate surface area is 211 Å². The van der Waals surface area contributed by atoms with Crippen LogP contribution in [0.1, 0.15) is 47.0 Å². The number of hydrogen-bond acceptors (Lipinski definition) is 10. The quantitative estimate of drug-likeness (QED) is 0.175. The molecule has 0 fully saturated rings. The van der Waals surface area contributed by atoms with Gasteiger partial charge in [-0.1, -0.05) is 50.3 Å². The zero-order valence-corrected chi connectivity index (χ0v) is 21.2. The Morgan fingerprint density at radius 1 is 1.11 bits per heavy atom. The van der Waals surface area contributed by atoms with Gasteiger partial charge in [0.15, 0.2) is 11.9 Å². The first kappa shape index (κ1) is 31.4. The second-order valence-electron chi connectivity index (χ2n) is 9.43. The van der Waals surface area contributed by atoms with Crippen molar-refractivity contribution in [1.82, 2.24) is 0 Å². The number of hydrogen-bond donors (Lipinski definition) is 5. The number of esters is 2. The van der Waals surface area contributed by atoms with Gasteiger partial charge in [-0.3, -0.25) is 14.4 Å². The highest BCUT2D eigenvalue weighted by atomic mass is 16.6. The number of carbonyl (C=O) groups is 3. The molecule has 0 spiro atoms. The molecule has 0 aromatic rings. The van der Waals surface area contributed by atoms with Gasteiger partial charge >= 0.3 is 11.9 Å². The van der Waals surface area contributed by atoms with Gasteiger partial charge in [-0.15, -0.1) is 0 Å². The molecule has 1 rings (SSSR count). The highest BCUT2D eigenvalue weighted by Crippen LogP contribution is 2.40. The van der Waals surface area contributed by atoms with Gasteiger partial charge in [0.05, 0.1) is 19.4 Å². The molecule has 10 heteroatoms. The minimum Gasteiger partial charge on any atom is -0.463 e. The van der Waals surface area contributed by atoms with Gasteiger partial charge in [-0.2, -0.15) is 0 Å². The van der Waals surface area contributed by atoms with Crippen LogP contribution in [0.4, 0.5) is 0 Å². The molecule has 0 amide bonds. The van der Waals surface area contributed by atoms with E-state index in [0.717, 1.165) is 11.1 Å². The minimum atomic E-state index is -1.87. The zero-order valence-electron chi connectivity index (χ0n) is 21.2. The number of carbonyl (C=O) groups excluding carboxylic acids is 3. The fraction of sp³-hybridized carbons (Fsp3) is 0.577. The number of aliphatic hydroxyl groups excluding tert-OH is 5. The summed E-state index contributed by atoms with van der Waals surface area (Å²) in [4.78, 5) is 37.0. The number of Topliss-reactive ketones (excluding diaryl/α,β-unsaturated/α-hetero) is 1. The summed E-state index contributed by atoms with van der Waals surface area (Å²) >= 11 is 0. The molecule has 0 bridgehead atoms. The molecule has 0 aromatic heterocycles. The van der Waals surface area contributed by atoms with Crippen molar-refractivity contribution < 1.29 is 49.4 Å². The van der Waals surface area contributed by atoms with Crippen LogP contribution in [0, 0.1) is 5.41 Å². The van der Waals surface area contributed by atoms with Crippen LogP contribution in [0.3, 0.4) is 0 Å². The largest absolute Gasteiger partial charge is 0.463 e. The average Bonchev–Trinajstić information content (AvgIpc) is 2.82. The first-order valence-electron chi connectivity index (χ1n) is 11.7. The van der Waals surface area contributed by atoms with Gasteiger partial charge in [0.25, 0.3) is 0 Å². The van der Waals surface area contributed by atoms with Crippen LogP contribution in [0.25, 0.3) is 0 Å². The lowest BCUT2D eigenvalue weighted by molar-refractivity contribution is -0.161. The topological polar surface area (TPSA) is 171 Å². The van der Waals surface area contributed by atoms with E-state index >= 15 is 0 Å². The molecule has 202 valence electrons. The van der Waals surface area contributed by atoms with Crippen molar-refractivity contribution >= 4 is 17.7 Å². The molecule has 1 aliphatic carbocycles. The smallest absolute Gasteiger partial charge is 0.307 e. The lowest BCUT2D eigenvalue weighted by Gasteiger charge is -2.36. The zero-order chi connectivity index (χ0) is 27.6. The second kappa shape index (κ2) is 14.2. The molecule has 5 unspecified atom stereocenters. The number of ketones is 1. The Bertz CT molecular complexity index is 898. The molecule has 10 nitrogen and oxygen atoms in total. The maximum absolute atomic E-state index is 12.8. The van der Waals surface area contributed by atoms with Gasteiger partial charge < -0.3 is 35.0 Å². The fourth-order valence-corrected chi connectivity index (χ4v) is 3.78. The molecular formula is C26H38O10. The summed E-state index contributed by atoms with van der Waals surface area (Å²) in [7, 11) is 0. The summed E-state index contributed by atoms with van der Waals surface area (Å²) < 4.78 is 10.1.